The lowest BCUT2D eigenvalue weighted by atomic mass is 9.81. The highest BCUT2D eigenvalue weighted by atomic mass is 32.1. The van der Waals surface area contributed by atoms with E-state index in [1.807, 2.05) is 29.6 Å². The lowest BCUT2D eigenvalue weighted by Gasteiger charge is -2.30. The van der Waals surface area contributed by atoms with Crippen molar-refractivity contribution in [2.45, 2.75) is 51.0 Å². The van der Waals surface area contributed by atoms with Crippen LogP contribution in [-0.2, 0) is 16.2 Å². The maximum Gasteiger partial charge on any atom is 0.352 e. The van der Waals surface area contributed by atoms with Crippen molar-refractivity contribution in [3.8, 4) is 5.75 Å². The van der Waals surface area contributed by atoms with Crippen LogP contribution in [0.3, 0.4) is 0 Å². The van der Waals surface area contributed by atoms with Crippen LogP contribution in [0, 0.1) is 5.92 Å². The van der Waals surface area contributed by atoms with Crippen molar-refractivity contribution < 1.29 is 19.5 Å². The van der Waals surface area contributed by atoms with Crippen molar-refractivity contribution in [2.24, 2.45) is 5.92 Å². The third-order valence-corrected chi connectivity index (χ3v) is 5.72. The summed E-state index contributed by atoms with van der Waals surface area (Å²) in [5.74, 6) is 0.287. The number of hydrogen-bond donors (Lipinski definition) is 1. The van der Waals surface area contributed by atoms with Gasteiger partial charge in [0.25, 0.3) is 6.23 Å². The second kappa shape index (κ2) is 7.73. The molecule has 2 aromatic rings. The van der Waals surface area contributed by atoms with E-state index in [4.69, 9.17) is 9.57 Å². The van der Waals surface area contributed by atoms with Gasteiger partial charge in [-0.25, -0.2) is 9.78 Å². The molecule has 1 saturated heterocycles. The van der Waals surface area contributed by atoms with E-state index in [1.165, 1.54) is 19.3 Å². The third-order valence-electron chi connectivity index (χ3n) is 5.08. The second-order valence-electron chi connectivity index (χ2n) is 6.84. The average molecular weight is 374 g/mol. The van der Waals surface area contributed by atoms with Gasteiger partial charge in [-0.1, -0.05) is 31.4 Å². The van der Waals surface area contributed by atoms with Crippen LogP contribution in [0.25, 0.3) is 0 Å². The minimum atomic E-state index is -0.922. The van der Waals surface area contributed by atoms with Crippen LogP contribution in [0.15, 0.2) is 35.2 Å². The monoisotopic (exact) mass is 374 g/mol. The summed E-state index contributed by atoms with van der Waals surface area (Å²) in [5, 5.41) is 12.8. The van der Waals surface area contributed by atoms with Gasteiger partial charge < -0.3 is 9.84 Å². The standard InChI is InChI=1S/C19H22N2O4S/c22-19(23)18-21(25-18)17(13-4-2-1-3-5-13)14-6-8-16(9-7-14)24-10-15-11-26-12-20-15/h6-9,11-13,17-18H,1-5,10H2,(H,22,23). The third kappa shape index (κ3) is 3.90. The molecule has 2 heterocycles. The van der Waals surface area contributed by atoms with E-state index in [2.05, 4.69) is 4.98 Å². The summed E-state index contributed by atoms with van der Waals surface area (Å²) in [4.78, 5) is 20.8. The van der Waals surface area contributed by atoms with Crippen LogP contribution < -0.4 is 4.74 Å². The molecule has 4 rings (SSSR count). The Hall–Kier alpha value is -1.96. The van der Waals surface area contributed by atoms with E-state index in [0.29, 0.717) is 12.5 Å². The first-order valence-electron chi connectivity index (χ1n) is 9.00. The van der Waals surface area contributed by atoms with Gasteiger partial charge in [0.05, 0.1) is 17.2 Å². The normalized spacial score (nSPS) is 24.2. The van der Waals surface area contributed by atoms with E-state index < -0.39 is 12.2 Å². The van der Waals surface area contributed by atoms with E-state index in [9.17, 15) is 9.90 Å². The fourth-order valence-electron chi connectivity index (χ4n) is 3.76. The first-order chi connectivity index (χ1) is 12.7. The molecule has 3 atom stereocenters. The quantitative estimate of drug-likeness (QED) is 0.738. The number of ether oxygens (including phenoxy) is 1. The molecular weight excluding hydrogens is 352 g/mol. The van der Waals surface area contributed by atoms with Crippen LogP contribution in [0.5, 0.6) is 5.75 Å². The molecule has 0 amide bonds. The van der Waals surface area contributed by atoms with Crippen LogP contribution in [-0.4, -0.2) is 27.4 Å². The molecular formula is C19H22N2O4S. The molecule has 0 spiro atoms. The second-order valence-corrected chi connectivity index (χ2v) is 7.56. The van der Waals surface area contributed by atoms with Gasteiger partial charge in [0.2, 0.25) is 0 Å². The Morgan fingerprint density at radius 2 is 2.08 bits per heavy atom. The van der Waals surface area contributed by atoms with Gasteiger partial charge in [0, 0.05) is 5.38 Å². The van der Waals surface area contributed by atoms with E-state index >= 15 is 0 Å². The highest BCUT2D eigenvalue weighted by molar-refractivity contribution is 7.07. The highest BCUT2D eigenvalue weighted by Gasteiger charge is 2.50. The van der Waals surface area contributed by atoms with Gasteiger partial charge in [0.1, 0.15) is 12.4 Å². The number of carboxylic acid groups (broad SMARTS) is 1. The summed E-state index contributed by atoms with van der Waals surface area (Å²) in [6.45, 7) is 0.450. The average Bonchev–Trinajstić information content (AvgIpc) is 3.27. The Labute approximate surface area is 156 Å². The number of carboxylic acids is 1. The predicted molar refractivity (Wildman–Crippen MR) is 96.6 cm³/mol. The maximum atomic E-state index is 11.3. The molecule has 0 radical (unpaired) electrons. The minimum absolute atomic E-state index is 0.0102. The first-order valence-corrected chi connectivity index (χ1v) is 9.94. The number of hydroxylamine groups is 2. The van der Waals surface area contributed by atoms with Crippen LogP contribution in [0.1, 0.15) is 49.4 Å². The van der Waals surface area contributed by atoms with Crippen LogP contribution in [0.4, 0.5) is 0 Å². The molecule has 6 nitrogen and oxygen atoms in total. The zero-order chi connectivity index (χ0) is 17.9. The molecule has 2 fully saturated rings. The van der Waals surface area contributed by atoms with Gasteiger partial charge >= 0.3 is 5.97 Å². The van der Waals surface area contributed by atoms with Crippen molar-refractivity contribution in [3.63, 3.8) is 0 Å². The number of thiazole rings is 1. The zero-order valence-electron chi connectivity index (χ0n) is 14.4. The lowest BCUT2D eigenvalue weighted by molar-refractivity contribution is -0.138. The fraction of sp³-hybridized carbons (Fsp3) is 0.474. The number of rotatable bonds is 7. The molecule has 1 saturated carbocycles. The van der Waals surface area contributed by atoms with Crippen molar-refractivity contribution in [2.75, 3.05) is 0 Å². The fourth-order valence-corrected chi connectivity index (χ4v) is 4.30. The Morgan fingerprint density at radius 3 is 2.69 bits per heavy atom. The molecule has 7 heteroatoms. The number of hydrogen-bond acceptors (Lipinski definition) is 6. The number of nitrogens with zero attached hydrogens (tertiary/aromatic N) is 2. The van der Waals surface area contributed by atoms with Gasteiger partial charge in [-0.2, -0.15) is 0 Å². The summed E-state index contributed by atoms with van der Waals surface area (Å²) in [5.41, 5.74) is 3.79. The van der Waals surface area contributed by atoms with Gasteiger partial charge in [-0.05, 0) is 36.5 Å². The molecule has 1 N–H and O–H groups in total. The molecule has 1 aromatic heterocycles. The maximum absolute atomic E-state index is 11.3. The van der Waals surface area contributed by atoms with Crippen molar-refractivity contribution in [3.05, 3.63) is 46.4 Å². The largest absolute Gasteiger partial charge is 0.487 e. The Bertz CT molecular complexity index is 729. The molecule has 26 heavy (non-hydrogen) atoms. The van der Waals surface area contributed by atoms with Gasteiger partial charge in [-0.3, -0.25) is 4.84 Å². The summed E-state index contributed by atoms with van der Waals surface area (Å²) < 4.78 is 5.77. The van der Waals surface area contributed by atoms with E-state index in [-0.39, 0.29) is 6.04 Å². The van der Waals surface area contributed by atoms with E-state index in [1.54, 1.807) is 21.9 Å². The number of carbonyl (C=O) groups is 1. The number of benzene rings is 1. The summed E-state index contributed by atoms with van der Waals surface area (Å²) in [6.07, 6.45) is 5.05. The van der Waals surface area contributed by atoms with Crippen molar-refractivity contribution in [1.29, 1.82) is 0 Å². The predicted octanol–water partition coefficient (Wildman–Crippen LogP) is 4.00. The first kappa shape index (κ1) is 17.5. The smallest absolute Gasteiger partial charge is 0.352 e. The number of aliphatic carboxylic acids is 1. The highest BCUT2D eigenvalue weighted by Crippen LogP contribution is 2.44. The zero-order valence-corrected chi connectivity index (χ0v) is 15.2. The Balaban J connectivity index is 1.47. The molecule has 138 valence electrons. The van der Waals surface area contributed by atoms with Crippen molar-refractivity contribution in [1.82, 2.24) is 10.0 Å². The van der Waals surface area contributed by atoms with Gasteiger partial charge in [0.15, 0.2) is 0 Å². The Morgan fingerprint density at radius 1 is 1.31 bits per heavy atom. The molecule has 0 bridgehead atoms. The molecule has 1 aliphatic heterocycles. The summed E-state index contributed by atoms with van der Waals surface area (Å²) in [6, 6.07) is 7.92. The summed E-state index contributed by atoms with van der Waals surface area (Å²) >= 11 is 1.55. The van der Waals surface area contributed by atoms with Crippen LogP contribution >= 0.6 is 11.3 Å². The minimum Gasteiger partial charge on any atom is -0.487 e. The topological polar surface area (TPSA) is 75.0 Å². The molecule has 2 aliphatic rings. The Kier molecular flexibility index (Phi) is 5.19. The van der Waals surface area contributed by atoms with E-state index in [0.717, 1.165) is 29.8 Å². The van der Waals surface area contributed by atoms with Crippen LogP contribution in [0.2, 0.25) is 0 Å². The summed E-state index contributed by atoms with van der Waals surface area (Å²) in [7, 11) is 0. The van der Waals surface area contributed by atoms with Gasteiger partial charge in [-0.15, -0.1) is 16.4 Å². The lowest BCUT2D eigenvalue weighted by Crippen LogP contribution is -2.25. The molecule has 1 aliphatic carbocycles. The number of aromatic nitrogens is 1. The molecule has 3 unspecified atom stereocenters. The molecule has 1 aromatic carbocycles. The van der Waals surface area contributed by atoms with Crippen molar-refractivity contribution >= 4 is 17.3 Å². The SMILES string of the molecule is O=C(O)C1ON1C(c1ccc(OCc2cscn2)cc1)C1CCCCC1.